The van der Waals surface area contributed by atoms with E-state index in [1.807, 2.05) is 6.92 Å². The van der Waals surface area contributed by atoms with Crippen molar-refractivity contribution in [2.75, 3.05) is 0 Å². The maximum Gasteiger partial charge on any atom is 0.100 e. The van der Waals surface area contributed by atoms with Crippen molar-refractivity contribution in [3.05, 3.63) is 12.2 Å². The Morgan fingerprint density at radius 1 is 1.36 bits per heavy atom. The van der Waals surface area contributed by atoms with E-state index in [9.17, 15) is 4.39 Å². The summed E-state index contributed by atoms with van der Waals surface area (Å²) in [5, 5.41) is 0. The van der Waals surface area contributed by atoms with Gasteiger partial charge in [0.05, 0.1) is 0 Å². The van der Waals surface area contributed by atoms with Gasteiger partial charge in [-0.05, 0) is 25.2 Å². The van der Waals surface area contributed by atoms with Crippen LogP contribution in [0.4, 0.5) is 4.39 Å². The first-order valence-electron chi connectivity index (χ1n) is 4.47. The highest BCUT2D eigenvalue weighted by molar-refractivity contribution is 4.84. The molecule has 0 spiro atoms. The van der Waals surface area contributed by atoms with Crippen LogP contribution >= 0.6 is 0 Å². The van der Waals surface area contributed by atoms with Gasteiger partial charge in [-0.1, -0.05) is 32.9 Å². The van der Waals surface area contributed by atoms with Crippen LogP contribution in [0.25, 0.3) is 0 Å². The van der Waals surface area contributed by atoms with Crippen LogP contribution in [0, 0.1) is 5.92 Å². The van der Waals surface area contributed by atoms with Crippen molar-refractivity contribution in [2.45, 2.75) is 46.2 Å². The number of hydrogen-bond donors (Lipinski definition) is 0. The average molecular weight is 158 g/mol. The quantitative estimate of drug-likeness (QED) is 0.535. The third-order valence-corrected chi connectivity index (χ3v) is 1.61. The second-order valence-electron chi connectivity index (χ2n) is 3.26. The van der Waals surface area contributed by atoms with E-state index in [4.69, 9.17) is 0 Å². The monoisotopic (exact) mass is 158 g/mol. The Bertz CT molecular complexity index is 105. The van der Waals surface area contributed by atoms with Crippen LogP contribution in [0.5, 0.6) is 0 Å². The van der Waals surface area contributed by atoms with Gasteiger partial charge < -0.3 is 0 Å². The first-order valence-corrected chi connectivity index (χ1v) is 4.47. The Labute approximate surface area is 69.5 Å². The molecule has 0 fully saturated rings. The second kappa shape index (κ2) is 6.38. The summed E-state index contributed by atoms with van der Waals surface area (Å²) in [5.41, 5.74) is 0. The van der Waals surface area contributed by atoms with Crippen LogP contribution in [0.2, 0.25) is 0 Å². The van der Waals surface area contributed by atoms with Gasteiger partial charge in [-0.3, -0.25) is 0 Å². The summed E-state index contributed by atoms with van der Waals surface area (Å²) in [7, 11) is 0. The van der Waals surface area contributed by atoms with Crippen molar-refractivity contribution in [1.29, 1.82) is 0 Å². The van der Waals surface area contributed by atoms with E-state index in [0.29, 0.717) is 18.8 Å². The molecule has 0 aliphatic rings. The zero-order chi connectivity index (χ0) is 8.69. The average Bonchev–Trinajstić information content (AvgIpc) is 1.97. The maximum atomic E-state index is 12.6. The fourth-order valence-corrected chi connectivity index (χ4v) is 0.850. The Balaban J connectivity index is 3.26. The molecule has 1 unspecified atom stereocenters. The number of halogens is 1. The van der Waals surface area contributed by atoms with E-state index in [1.54, 1.807) is 0 Å². The molecule has 0 saturated heterocycles. The minimum atomic E-state index is -0.605. The molecular weight excluding hydrogens is 139 g/mol. The summed E-state index contributed by atoms with van der Waals surface area (Å²) >= 11 is 0. The van der Waals surface area contributed by atoms with Gasteiger partial charge in [0.1, 0.15) is 6.17 Å². The van der Waals surface area contributed by atoms with E-state index in [-0.39, 0.29) is 0 Å². The van der Waals surface area contributed by atoms with Gasteiger partial charge in [-0.25, -0.2) is 4.39 Å². The van der Waals surface area contributed by atoms with Gasteiger partial charge in [-0.15, -0.1) is 0 Å². The fraction of sp³-hybridized carbons (Fsp3) is 0.800. The van der Waals surface area contributed by atoms with Crippen LogP contribution in [-0.4, -0.2) is 6.17 Å². The predicted octanol–water partition coefficient (Wildman–Crippen LogP) is 3.73. The van der Waals surface area contributed by atoms with E-state index >= 15 is 0 Å². The van der Waals surface area contributed by atoms with Crippen molar-refractivity contribution >= 4 is 0 Å². The SMILES string of the molecule is CCC(F)CC/C=C/C(C)C. The summed E-state index contributed by atoms with van der Waals surface area (Å²) in [6.45, 7) is 6.14. The lowest BCUT2D eigenvalue weighted by molar-refractivity contribution is 0.307. The Kier molecular flexibility index (Phi) is 6.19. The Morgan fingerprint density at radius 2 is 2.00 bits per heavy atom. The number of hydrogen-bond acceptors (Lipinski definition) is 0. The summed E-state index contributed by atoms with van der Waals surface area (Å²) < 4.78 is 12.6. The number of rotatable bonds is 5. The van der Waals surface area contributed by atoms with E-state index in [1.165, 1.54) is 0 Å². The largest absolute Gasteiger partial charge is 0.247 e. The molecule has 0 aliphatic heterocycles. The van der Waals surface area contributed by atoms with E-state index in [2.05, 4.69) is 26.0 Å². The second-order valence-corrected chi connectivity index (χ2v) is 3.26. The third-order valence-electron chi connectivity index (χ3n) is 1.61. The standard InChI is InChI=1S/C10H19F/c1-4-10(11)8-6-5-7-9(2)3/h5,7,9-10H,4,6,8H2,1-3H3/b7-5+. The highest BCUT2D eigenvalue weighted by atomic mass is 19.1. The zero-order valence-electron chi connectivity index (χ0n) is 7.81. The molecule has 0 nitrogen and oxygen atoms in total. The normalized spacial score (nSPS) is 14.6. The Hall–Kier alpha value is -0.330. The molecular formula is C10H19F. The van der Waals surface area contributed by atoms with Crippen LogP contribution in [0.1, 0.15) is 40.0 Å². The molecule has 0 amide bonds. The van der Waals surface area contributed by atoms with Gasteiger partial charge in [0.2, 0.25) is 0 Å². The molecule has 11 heavy (non-hydrogen) atoms. The topological polar surface area (TPSA) is 0 Å². The number of alkyl halides is 1. The maximum absolute atomic E-state index is 12.6. The van der Waals surface area contributed by atoms with Crippen molar-refractivity contribution in [2.24, 2.45) is 5.92 Å². The molecule has 1 atom stereocenters. The van der Waals surface area contributed by atoms with Crippen molar-refractivity contribution in [3.63, 3.8) is 0 Å². The van der Waals surface area contributed by atoms with Crippen LogP contribution in [0.3, 0.4) is 0 Å². The molecule has 0 N–H and O–H groups in total. The van der Waals surface area contributed by atoms with Crippen molar-refractivity contribution < 1.29 is 4.39 Å². The zero-order valence-corrected chi connectivity index (χ0v) is 7.81. The molecule has 0 heterocycles. The van der Waals surface area contributed by atoms with Crippen molar-refractivity contribution in [3.8, 4) is 0 Å². The molecule has 0 radical (unpaired) electrons. The first kappa shape index (κ1) is 10.7. The molecule has 0 rings (SSSR count). The summed E-state index contributed by atoms with van der Waals surface area (Å²) in [5.74, 6) is 0.592. The smallest absolute Gasteiger partial charge is 0.100 e. The van der Waals surface area contributed by atoms with Gasteiger partial charge in [0, 0.05) is 0 Å². The Morgan fingerprint density at radius 3 is 2.45 bits per heavy atom. The molecule has 0 aromatic rings. The van der Waals surface area contributed by atoms with Crippen LogP contribution < -0.4 is 0 Å². The van der Waals surface area contributed by atoms with Gasteiger partial charge in [0.25, 0.3) is 0 Å². The van der Waals surface area contributed by atoms with E-state index < -0.39 is 6.17 Å². The lowest BCUT2D eigenvalue weighted by atomic mass is 10.1. The molecule has 0 aromatic carbocycles. The lowest BCUT2D eigenvalue weighted by Gasteiger charge is -2.00. The minimum Gasteiger partial charge on any atom is -0.247 e. The first-order chi connectivity index (χ1) is 5.16. The highest BCUT2D eigenvalue weighted by Gasteiger charge is 1.99. The van der Waals surface area contributed by atoms with Crippen LogP contribution in [-0.2, 0) is 0 Å². The van der Waals surface area contributed by atoms with Gasteiger partial charge in [-0.2, -0.15) is 0 Å². The van der Waals surface area contributed by atoms with Crippen molar-refractivity contribution in [1.82, 2.24) is 0 Å². The summed E-state index contributed by atoms with van der Waals surface area (Å²) in [6.07, 6.45) is 5.81. The minimum absolute atomic E-state index is 0.592. The van der Waals surface area contributed by atoms with Gasteiger partial charge >= 0.3 is 0 Å². The molecule has 0 aliphatic carbocycles. The fourth-order valence-electron chi connectivity index (χ4n) is 0.850. The molecule has 1 heteroatoms. The number of allylic oxidation sites excluding steroid dienone is 2. The van der Waals surface area contributed by atoms with Crippen LogP contribution in [0.15, 0.2) is 12.2 Å². The molecule has 0 saturated carbocycles. The highest BCUT2D eigenvalue weighted by Crippen LogP contribution is 2.07. The molecule has 0 bridgehead atoms. The van der Waals surface area contributed by atoms with E-state index in [0.717, 1.165) is 6.42 Å². The lowest BCUT2D eigenvalue weighted by Crippen LogP contribution is -1.95. The predicted molar refractivity (Wildman–Crippen MR) is 48.4 cm³/mol. The third kappa shape index (κ3) is 7.57. The molecule has 0 aromatic heterocycles. The van der Waals surface area contributed by atoms with Gasteiger partial charge in [0.15, 0.2) is 0 Å². The summed E-state index contributed by atoms with van der Waals surface area (Å²) in [6, 6.07) is 0. The molecule has 66 valence electrons. The summed E-state index contributed by atoms with van der Waals surface area (Å²) in [4.78, 5) is 0.